The van der Waals surface area contributed by atoms with Gasteiger partial charge in [-0.3, -0.25) is 0 Å². The summed E-state index contributed by atoms with van der Waals surface area (Å²) in [6.07, 6.45) is 7.08. The molecule has 0 saturated carbocycles. The number of hydrogen-bond donors (Lipinski definition) is 1. The smallest absolute Gasteiger partial charge is 0.0119 e. The van der Waals surface area contributed by atoms with Crippen molar-refractivity contribution < 1.29 is 0 Å². The molecule has 18 heavy (non-hydrogen) atoms. The first kappa shape index (κ1) is 16.0. The minimum absolute atomic E-state index is 0.885. The molecular formula is C16H34N2. The van der Waals surface area contributed by atoms with Crippen LogP contribution >= 0.6 is 0 Å². The van der Waals surface area contributed by atoms with Gasteiger partial charge in [0.25, 0.3) is 0 Å². The van der Waals surface area contributed by atoms with E-state index in [-0.39, 0.29) is 0 Å². The van der Waals surface area contributed by atoms with Crippen LogP contribution in [-0.4, -0.2) is 37.1 Å². The fraction of sp³-hybridized carbons (Fsp3) is 1.00. The second-order valence-corrected chi connectivity index (χ2v) is 6.09. The summed E-state index contributed by atoms with van der Waals surface area (Å²) in [5, 5.41) is 3.46. The maximum Gasteiger partial charge on any atom is 0.0119 e. The highest BCUT2D eigenvalue weighted by Gasteiger charge is 2.26. The molecule has 0 aliphatic carbocycles. The normalized spacial score (nSPS) is 23.8. The summed E-state index contributed by atoms with van der Waals surface area (Å²) in [6.45, 7) is 13.9. The fourth-order valence-corrected chi connectivity index (χ4v) is 3.39. The molecule has 2 saturated heterocycles. The molecule has 0 amide bonds. The number of piperidine rings is 2. The van der Waals surface area contributed by atoms with Crippen molar-refractivity contribution in [2.75, 3.05) is 26.2 Å². The molecule has 0 bridgehead atoms. The van der Waals surface area contributed by atoms with E-state index in [1.54, 1.807) is 0 Å². The molecule has 0 aromatic heterocycles. The molecule has 2 aliphatic rings. The van der Waals surface area contributed by atoms with E-state index in [2.05, 4.69) is 24.1 Å². The SMILES string of the molecule is CC.CC(C)CC1CCN(C2CCNCC2)CC1. The lowest BCUT2D eigenvalue weighted by molar-refractivity contribution is 0.104. The quantitative estimate of drug-likeness (QED) is 0.829. The molecule has 2 aliphatic heterocycles. The van der Waals surface area contributed by atoms with E-state index in [4.69, 9.17) is 0 Å². The van der Waals surface area contributed by atoms with Gasteiger partial charge in [0.05, 0.1) is 0 Å². The van der Waals surface area contributed by atoms with Crippen LogP contribution in [0.4, 0.5) is 0 Å². The van der Waals surface area contributed by atoms with Crippen molar-refractivity contribution in [3.8, 4) is 0 Å². The van der Waals surface area contributed by atoms with E-state index in [9.17, 15) is 0 Å². The molecule has 2 rings (SSSR count). The van der Waals surface area contributed by atoms with E-state index < -0.39 is 0 Å². The van der Waals surface area contributed by atoms with E-state index >= 15 is 0 Å². The molecule has 108 valence electrons. The van der Waals surface area contributed by atoms with Crippen molar-refractivity contribution in [1.29, 1.82) is 0 Å². The molecular weight excluding hydrogens is 220 g/mol. The van der Waals surface area contributed by atoms with Crippen LogP contribution in [0.15, 0.2) is 0 Å². The minimum atomic E-state index is 0.885. The zero-order chi connectivity index (χ0) is 13.4. The molecule has 2 heteroatoms. The summed E-state index contributed by atoms with van der Waals surface area (Å²) in [5.74, 6) is 1.90. The monoisotopic (exact) mass is 254 g/mol. The predicted molar refractivity (Wildman–Crippen MR) is 81.0 cm³/mol. The maximum atomic E-state index is 3.46. The van der Waals surface area contributed by atoms with Crippen LogP contribution in [0.25, 0.3) is 0 Å². The van der Waals surface area contributed by atoms with Crippen molar-refractivity contribution in [1.82, 2.24) is 10.2 Å². The van der Waals surface area contributed by atoms with Gasteiger partial charge in [-0.1, -0.05) is 27.7 Å². The number of hydrogen-bond acceptors (Lipinski definition) is 2. The van der Waals surface area contributed by atoms with Gasteiger partial charge >= 0.3 is 0 Å². The molecule has 2 nitrogen and oxygen atoms in total. The van der Waals surface area contributed by atoms with Crippen LogP contribution < -0.4 is 5.32 Å². The van der Waals surface area contributed by atoms with Gasteiger partial charge in [0.15, 0.2) is 0 Å². The Kier molecular flexibility index (Phi) is 7.92. The van der Waals surface area contributed by atoms with Crippen molar-refractivity contribution in [3.63, 3.8) is 0 Å². The average molecular weight is 254 g/mol. The molecule has 0 spiro atoms. The van der Waals surface area contributed by atoms with Gasteiger partial charge in [-0.2, -0.15) is 0 Å². The highest BCUT2D eigenvalue weighted by molar-refractivity contribution is 4.82. The summed E-state index contributed by atoms with van der Waals surface area (Å²) in [6, 6.07) is 0.890. The zero-order valence-corrected chi connectivity index (χ0v) is 13.0. The first-order valence-corrected chi connectivity index (χ1v) is 8.20. The van der Waals surface area contributed by atoms with Gasteiger partial charge in [-0.05, 0) is 70.1 Å². The van der Waals surface area contributed by atoms with Gasteiger partial charge in [-0.25, -0.2) is 0 Å². The van der Waals surface area contributed by atoms with Crippen LogP contribution in [0.1, 0.15) is 59.8 Å². The van der Waals surface area contributed by atoms with Crippen LogP contribution in [0.3, 0.4) is 0 Å². The van der Waals surface area contributed by atoms with Gasteiger partial charge in [-0.15, -0.1) is 0 Å². The Morgan fingerprint density at radius 1 is 1.00 bits per heavy atom. The van der Waals surface area contributed by atoms with Gasteiger partial charge in [0.2, 0.25) is 0 Å². The van der Waals surface area contributed by atoms with Crippen molar-refractivity contribution >= 4 is 0 Å². The Labute approximate surface area is 115 Å². The molecule has 0 atom stereocenters. The molecule has 1 N–H and O–H groups in total. The lowest BCUT2D eigenvalue weighted by atomic mass is 9.87. The van der Waals surface area contributed by atoms with Gasteiger partial charge in [0, 0.05) is 6.04 Å². The summed E-state index contributed by atoms with van der Waals surface area (Å²) in [4.78, 5) is 2.76. The van der Waals surface area contributed by atoms with Crippen molar-refractivity contribution in [3.05, 3.63) is 0 Å². The number of rotatable bonds is 3. The largest absolute Gasteiger partial charge is 0.317 e. The lowest BCUT2D eigenvalue weighted by Gasteiger charge is -2.39. The molecule has 0 aromatic rings. The van der Waals surface area contributed by atoms with E-state index in [1.807, 2.05) is 13.8 Å². The first-order valence-electron chi connectivity index (χ1n) is 8.20. The first-order chi connectivity index (χ1) is 8.75. The lowest BCUT2D eigenvalue weighted by Crippen LogP contribution is -2.46. The summed E-state index contributed by atoms with van der Waals surface area (Å²) < 4.78 is 0. The molecule has 2 fully saturated rings. The molecule has 0 aromatic carbocycles. The van der Waals surface area contributed by atoms with Crippen LogP contribution in [0.5, 0.6) is 0 Å². The van der Waals surface area contributed by atoms with Gasteiger partial charge in [0.1, 0.15) is 0 Å². The highest BCUT2D eigenvalue weighted by Crippen LogP contribution is 2.26. The number of nitrogens with one attached hydrogen (secondary N) is 1. The van der Waals surface area contributed by atoms with Crippen LogP contribution in [0.2, 0.25) is 0 Å². The van der Waals surface area contributed by atoms with Crippen molar-refractivity contribution in [2.24, 2.45) is 11.8 Å². The molecule has 0 unspecified atom stereocenters. The summed E-state index contributed by atoms with van der Waals surface area (Å²) in [5.41, 5.74) is 0. The second-order valence-electron chi connectivity index (χ2n) is 6.09. The zero-order valence-electron chi connectivity index (χ0n) is 13.0. The molecule has 0 radical (unpaired) electrons. The Balaban J connectivity index is 0.000000771. The number of nitrogens with zero attached hydrogens (tertiary/aromatic N) is 1. The maximum absolute atomic E-state index is 3.46. The Bertz CT molecular complexity index is 189. The van der Waals surface area contributed by atoms with E-state index in [0.717, 1.165) is 17.9 Å². The second kappa shape index (κ2) is 8.92. The summed E-state index contributed by atoms with van der Waals surface area (Å²) >= 11 is 0. The topological polar surface area (TPSA) is 15.3 Å². The van der Waals surface area contributed by atoms with E-state index in [0.29, 0.717) is 0 Å². The fourth-order valence-electron chi connectivity index (χ4n) is 3.39. The third-order valence-electron chi connectivity index (χ3n) is 4.28. The standard InChI is InChI=1S/C14H28N2.C2H6/c1-12(2)11-13-5-9-16(10-6-13)14-3-7-15-8-4-14;1-2/h12-15H,3-11H2,1-2H3;1-2H3. The van der Waals surface area contributed by atoms with Crippen LogP contribution in [-0.2, 0) is 0 Å². The van der Waals surface area contributed by atoms with E-state index in [1.165, 1.54) is 58.3 Å². The Morgan fingerprint density at radius 3 is 2.06 bits per heavy atom. The number of likely N-dealkylation sites (tertiary alicyclic amines) is 1. The molecule has 2 heterocycles. The minimum Gasteiger partial charge on any atom is -0.317 e. The summed E-state index contributed by atoms with van der Waals surface area (Å²) in [7, 11) is 0. The predicted octanol–water partition coefficient (Wildman–Crippen LogP) is 3.52. The third kappa shape index (κ3) is 5.27. The van der Waals surface area contributed by atoms with Crippen molar-refractivity contribution in [2.45, 2.75) is 65.8 Å². The highest BCUT2D eigenvalue weighted by atomic mass is 15.2. The Hall–Kier alpha value is -0.0800. The Morgan fingerprint density at radius 2 is 1.56 bits per heavy atom. The average Bonchev–Trinajstić information content (AvgIpc) is 2.42. The van der Waals surface area contributed by atoms with Gasteiger partial charge < -0.3 is 10.2 Å². The third-order valence-corrected chi connectivity index (χ3v) is 4.28. The van der Waals surface area contributed by atoms with Crippen LogP contribution in [0, 0.1) is 11.8 Å².